The Balaban J connectivity index is 2.72. The lowest BCUT2D eigenvalue weighted by molar-refractivity contribution is 0.296. The van der Waals surface area contributed by atoms with E-state index in [0.29, 0.717) is 5.82 Å². The number of hydrogen-bond acceptors (Lipinski definition) is 7. The number of nitrogens with two attached hydrogens (primary N) is 1. The number of aliphatic hydroxyl groups excluding tert-OH is 1. The van der Waals surface area contributed by atoms with Crippen molar-refractivity contribution in [3.63, 3.8) is 0 Å². The summed E-state index contributed by atoms with van der Waals surface area (Å²) in [5, 5.41) is 12.1. The van der Waals surface area contributed by atoms with Gasteiger partial charge in [-0.05, 0) is 19.1 Å². The molecule has 0 radical (unpaired) electrons. The van der Waals surface area contributed by atoms with E-state index in [1.165, 1.54) is 0 Å². The lowest BCUT2D eigenvalue weighted by Gasteiger charge is -2.20. The van der Waals surface area contributed by atoms with Crippen LogP contribution in [-0.4, -0.2) is 39.7 Å². The monoisotopic (exact) mass is 313 g/mol. The molecule has 0 aliphatic carbocycles. The lowest BCUT2D eigenvalue weighted by atomic mass is 9.95. The van der Waals surface area contributed by atoms with E-state index in [9.17, 15) is 0 Å². The van der Waals surface area contributed by atoms with E-state index < -0.39 is 0 Å². The molecule has 0 saturated carbocycles. The van der Waals surface area contributed by atoms with Gasteiger partial charge in [0.05, 0.1) is 0 Å². The Kier molecular flexibility index (Phi) is 7.21. The summed E-state index contributed by atoms with van der Waals surface area (Å²) in [6.07, 6.45) is 0.840. The Bertz CT molecular complexity index is 448. The minimum atomic E-state index is -0.133. The van der Waals surface area contributed by atoms with Crippen molar-refractivity contribution in [2.24, 2.45) is 5.84 Å². The standard InChI is InChI=1S/C14H27N5OS/c1-10-11(16-6-9-21-8-5-7-20)17-13(14(2,3)4)18-12(10)19-15/h20H,5-9,15H2,1-4H3,(H2,16,17,18,19). The SMILES string of the molecule is Cc1c(NN)nc(C(C)(C)C)nc1NCCSCCCO. The lowest BCUT2D eigenvalue weighted by Crippen LogP contribution is -2.21. The molecule has 0 saturated heterocycles. The first-order valence-corrected chi connectivity index (χ1v) is 8.33. The molecule has 0 aromatic carbocycles. The molecule has 0 unspecified atom stereocenters. The number of nitrogens with zero attached hydrogens (tertiary/aromatic N) is 2. The molecule has 6 nitrogen and oxygen atoms in total. The molecule has 0 amide bonds. The molecule has 1 rings (SSSR count). The molecule has 7 heteroatoms. The summed E-state index contributed by atoms with van der Waals surface area (Å²) < 4.78 is 0. The maximum atomic E-state index is 8.74. The summed E-state index contributed by atoms with van der Waals surface area (Å²) in [5.41, 5.74) is 3.43. The van der Waals surface area contributed by atoms with Crippen LogP contribution in [0.5, 0.6) is 0 Å². The van der Waals surface area contributed by atoms with Crippen molar-refractivity contribution in [3.05, 3.63) is 11.4 Å². The summed E-state index contributed by atoms with van der Waals surface area (Å²) in [5.74, 6) is 9.74. The molecule has 0 aliphatic rings. The molecule has 0 bridgehead atoms. The normalized spacial score (nSPS) is 11.5. The summed E-state index contributed by atoms with van der Waals surface area (Å²) in [6.45, 7) is 9.25. The maximum absolute atomic E-state index is 8.74. The Morgan fingerprint density at radius 3 is 2.43 bits per heavy atom. The molecule has 1 aromatic rings. The van der Waals surface area contributed by atoms with Gasteiger partial charge in [-0.1, -0.05) is 20.8 Å². The van der Waals surface area contributed by atoms with Crippen molar-refractivity contribution in [2.45, 2.75) is 39.5 Å². The van der Waals surface area contributed by atoms with E-state index in [0.717, 1.165) is 41.7 Å². The summed E-state index contributed by atoms with van der Waals surface area (Å²) >= 11 is 1.82. The summed E-state index contributed by atoms with van der Waals surface area (Å²) in [7, 11) is 0. The van der Waals surface area contributed by atoms with Gasteiger partial charge in [0.25, 0.3) is 0 Å². The number of nitrogen functional groups attached to an aromatic ring is 1. The fraction of sp³-hybridized carbons (Fsp3) is 0.714. The largest absolute Gasteiger partial charge is 0.396 e. The van der Waals surface area contributed by atoms with Crippen molar-refractivity contribution in [3.8, 4) is 0 Å². The van der Waals surface area contributed by atoms with Crippen molar-refractivity contribution in [1.29, 1.82) is 0 Å². The van der Waals surface area contributed by atoms with Crippen LogP contribution >= 0.6 is 11.8 Å². The van der Waals surface area contributed by atoms with Gasteiger partial charge < -0.3 is 15.8 Å². The first-order valence-electron chi connectivity index (χ1n) is 7.18. The molecule has 0 spiro atoms. The second-order valence-corrected chi connectivity index (χ2v) is 7.10. The molecular weight excluding hydrogens is 286 g/mol. The van der Waals surface area contributed by atoms with Gasteiger partial charge in [-0.15, -0.1) is 0 Å². The Labute approximate surface area is 131 Å². The van der Waals surface area contributed by atoms with E-state index in [2.05, 4.69) is 41.5 Å². The van der Waals surface area contributed by atoms with Crippen LogP contribution in [0, 0.1) is 6.92 Å². The molecule has 1 heterocycles. The molecule has 0 aliphatic heterocycles. The predicted octanol–water partition coefficient (Wildman–Crippen LogP) is 1.90. The highest BCUT2D eigenvalue weighted by Gasteiger charge is 2.20. The number of rotatable bonds is 8. The molecule has 120 valence electrons. The predicted molar refractivity (Wildman–Crippen MR) is 90.8 cm³/mol. The van der Waals surface area contributed by atoms with E-state index in [1.54, 1.807) is 0 Å². The van der Waals surface area contributed by atoms with E-state index >= 15 is 0 Å². The van der Waals surface area contributed by atoms with E-state index in [1.807, 2.05) is 18.7 Å². The van der Waals surface area contributed by atoms with Crippen LogP contribution < -0.4 is 16.6 Å². The fourth-order valence-corrected chi connectivity index (χ4v) is 2.46. The van der Waals surface area contributed by atoms with Crippen molar-refractivity contribution < 1.29 is 5.11 Å². The van der Waals surface area contributed by atoms with Gasteiger partial charge in [-0.2, -0.15) is 11.8 Å². The van der Waals surface area contributed by atoms with Crippen molar-refractivity contribution >= 4 is 23.4 Å². The van der Waals surface area contributed by atoms with E-state index in [4.69, 9.17) is 10.9 Å². The van der Waals surface area contributed by atoms with Crippen LogP contribution in [0.4, 0.5) is 11.6 Å². The van der Waals surface area contributed by atoms with Gasteiger partial charge in [0.15, 0.2) is 0 Å². The fourth-order valence-electron chi connectivity index (χ4n) is 1.67. The zero-order chi connectivity index (χ0) is 15.9. The second-order valence-electron chi connectivity index (χ2n) is 5.88. The minimum absolute atomic E-state index is 0.133. The van der Waals surface area contributed by atoms with Crippen LogP contribution in [0.25, 0.3) is 0 Å². The highest BCUT2D eigenvalue weighted by atomic mass is 32.2. The first-order chi connectivity index (χ1) is 9.90. The molecule has 0 fully saturated rings. The Morgan fingerprint density at radius 1 is 1.19 bits per heavy atom. The molecule has 21 heavy (non-hydrogen) atoms. The summed E-state index contributed by atoms with van der Waals surface area (Å²) in [4.78, 5) is 9.09. The number of nitrogens with one attached hydrogen (secondary N) is 2. The van der Waals surface area contributed by atoms with Gasteiger partial charge in [-0.3, -0.25) is 0 Å². The third-order valence-corrected chi connectivity index (χ3v) is 4.01. The third-order valence-electron chi connectivity index (χ3n) is 2.94. The average molecular weight is 313 g/mol. The molecular formula is C14H27N5OS. The Morgan fingerprint density at radius 2 is 1.86 bits per heavy atom. The summed E-state index contributed by atoms with van der Waals surface area (Å²) in [6, 6.07) is 0. The maximum Gasteiger partial charge on any atom is 0.148 e. The van der Waals surface area contributed by atoms with Crippen LogP contribution in [0.1, 0.15) is 38.6 Å². The number of anilines is 2. The van der Waals surface area contributed by atoms with Gasteiger partial charge in [0, 0.05) is 29.9 Å². The number of hydrazine groups is 1. The van der Waals surface area contributed by atoms with Gasteiger partial charge >= 0.3 is 0 Å². The second kappa shape index (κ2) is 8.41. The third kappa shape index (κ3) is 5.68. The number of hydrogen-bond donors (Lipinski definition) is 4. The average Bonchev–Trinajstić information content (AvgIpc) is 2.43. The highest BCUT2D eigenvalue weighted by Crippen LogP contribution is 2.25. The molecule has 5 N–H and O–H groups in total. The van der Waals surface area contributed by atoms with Crippen LogP contribution in [0.3, 0.4) is 0 Å². The van der Waals surface area contributed by atoms with Crippen molar-refractivity contribution in [1.82, 2.24) is 9.97 Å². The number of aliphatic hydroxyl groups is 1. The number of aromatic nitrogens is 2. The van der Waals surface area contributed by atoms with Gasteiger partial charge in [0.2, 0.25) is 0 Å². The number of thioether (sulfide) groups is 1. The van der Waals surface area contributed by atoms with E-state index in [-0.39, 0.29) is 12.0 Å². The molecule has 0 atom stereocenters. The zero-order valence-electron chi connectivity index (χ0n) is 13.4. The van der Waals surface area contributed by atoms with Crippen LogP contribution in [-0.2, 0) is 5.41 Å². The smallest absolute Gasteiger partial charge is 0.148 e. The van der Waals surface area contributed by atoms with Gasteiger partial charge in [-0.25, -0.2) is 15.8 Å². The van der Waals surface area contributed by atoms with Crippen molar-refractivity contribution in [2.75, 3.05) is 35.4 Å². The Hall–Kier alpha value is -1.05. The minimum Gasteiger partial charge on any atom is -0.396 e. The first kappa shape index (κ1) is 18.0. The highest BCUT2D eigenvalue weighted by molar-refractivity contribution is 7.99. The zero-order valence-corrected chi connectivity index (χ0v) is 14.2. The van der Waals surface area contributed by atoms with Crippen LogP contribution in [0.15, 0.2) is 0 Å². The van der Waals surface area contributed by atoms with Crippen LogP contribution in [0.2, 0.25) is 0 Å². The quantitative estimate of drug-likeness (QED) is 0.331. The van der Waals surface area contributed by atoms with Gasteiger partial charge in [0.1, 0.15) is 17.5 Å². The molecule has 1 aromatic heterocycles. The topological polar surface area (TPSA) is 96.1 Å².